The molecule has 0 spiro atoms. The number of fused-ring (bicyclic) bond motifs is 1. The van der Waals surface area contributed by atoms with Crippen molar-refractivity contribution in [1.29, 1.82) is 0 Å². The number of carbonyl (C=O) groups is 1. The first kappa shape index (κ1) is 24.1. The monoisotopic (exact) mass is 486 g/mol. The van der Waals surface area contributed by atoms with E-state index in [1.54, 1.807) is 46.9 Å². The van der Waals surface area contributed by atoms with Crippen LogP contribution < -0.4 is 5.73 Å². The lowest BCUT2D eigenvalue weighted by Crippen LogP contribution is -2.28. The predicted octanol–water partition coefficient (Wildman–Crippen LogP) is 3.38. The smallest absolute Gasteiger partial charge is 0.246 e. The van der Waals surface area contributed by atoms with Crippen molar-refractivity contribution in [3.8, 4) is 11.1 Å². The van der Waals surface area contributed by atoms with Gasteiger partial charge in [-0.05, 0) is 31.2 Å². The SMILES string of the molecule is COCCN(C)C/C=C/C(=O)N1CC[C@@H](n2c(F)c(-c3ccc(Cl)cc3)c3c(N)ncnc32)C1. The van der Waals surface area contributed by atoms with Crippen LogP contribution in [0.1, 0.15) is 12.5 Å². The summed E-state index contributed by atoms with van der Waals surface area (Å²) >= 11 is 6.02. The van der Waals surface area contributed by atoms with Crippen LogP contribution in [0.15, 0.2) is 42.7 Å². The van der Waals surface area contributed by atoms with Gasteiger partial charge in [0.05, 0.1) is 18.0 Å². The minimum absolute atomic E-state index is 0.0911. The number of amides is 1. The molecule has 1 aliphatic heterocycles. The van der Waals surface area contributed by atoms with Gasteiger partial charge in [0.15, 0.2) is 0 Å². The van der Waals surface area contributed by atoms with E-state index >= 15 is 4.39 Å². The van der Waals surface area contributed by atoms with E-state index in [-0.39, 0.29) is 17.8 Å². The molecule has 1 fully saturated rings. The molecule has 3 aromatic rings. The minimum atomic E-state index is -0.445. The molecular weight excluding hydrogens is 459 g/mol. The highest BCUT2D eigenvalue weighted by Crippen LogP contribution is 2.39. The molecular formula is C24H28ClFN6O2. The van der Waals surface area contributed by atoms with Gasteiger partial charge >= 0.3 is 0 Å². The van der Waals surface area contributed by atoms with Crippen LogP contribution in [0, 0.1) is 5.95 Å². The number of likely N-dealkylation sites (tertiary alicyclic amines) is 1. The lowest BCUT2D eigenvalue weighted by atomic mass is 10.1. The van der Waals surface area contributed by atoms with E-state index in [0.717, 1.165) is 6.54 Å². The van der Waals surface area contributed by atoms with E-state index < -0.39 is 5.95 Å². The van der Waals surface area contributed by atoms with Crippen molar-refractivity contribution < 1.29 is 13.9 Å². The number of nitrogens with zero attached hydrogens (tertiary/aromatic N) is 5. The molecule has 0 saturated carbocycles. The summed E-state index contributed by atoms with van der Waals surface area (Å²) in [7, 11) is 3.62. The number of ether oxygens (including phenoxy) is 1. The van der Waals surface area contributed by atoms with Crippen LogP contribution in [0.2, 0.25) is 5.02 Å². The Morgan fingerprint density at radius 1 is 1.35 bits per heavy atom. The highest BCUT2D eigenvalue weighted by atomic mass is 35.5. The molecule has 1 atom stereocenters. The summed E-state index contributed by atoms with van der Waals surface area (Å²) in [5.74, 6) is -0.329. The Balaban J connectivity index is 1.57. The van der Waals surface area contributed by atoms with Gasteiger partial charge < -0.3 is 20.3 Å². The third-order valence-corrected chi connectivity index (χ3v) is 6.33. The fraction of sp³-hybridized carbons (Fsp3) is 0.375. The summed E-state index contributed by atoms with van der Waals surface area (Å²) in [5.41, 5.74) is 7.55. The van der Waals surface area contributed by atoms with Crippen LogP contribution in [0.3, 0.4) is 0 Å². The van der Waals surface area contributed by atoms with Crippen molar-refractivity contribution in [3.63, 3.8) is 0 Å². The number of anilines is 1. The normalized spacial score (nSPS) is 16.4. The Hall–Kier alpha value is -3.01. The fourth-order valence-electron chi connectivity index (χ4n) is 4.27. The number of benzene rings is 1. The van der Waals surface area contributed by atoms with Crippen molar-refractivity contribution in [3.05, 3.63) is 53.7 Å². The van der Waals surface area contributed by atoms with E-state index in [4.69, 9.17) is 22.1 Å². The second-order valence-corrected chi connectivity index (χ2v) is 8.82. The Morgan fingerprint density at radius 2 is 2.12 bits per heavy atom. The maximum Gasteiger partial charge on any atom is 0.246 e. The van der Waals surface area contributed by atoms with Crippen LogP contribution in [-0.4, -0.2) is 77.2 Å². The quantitative estimate of drug-likeness (QED) is 0.491. The molecule has 1 aliphatic rings. The van der Waals surface area contributed by atoms with E-state index in [1.807, 2.05) is 13.1 Å². The van der Waals surface area contributed by atoms with Gasteiger partial charge in [0, 0.05) is 50.0 Å². The fourth-order valence-corrected chi connectivity index (χ4v) is 4.40. The Morgan fingerprint density at radius 3 is 2.85 bits per heavy atom. The maximum atomic E-state index is 15.9. The number of aromatic nitrogens is 3. The lowest BCUT2D eigenvalue weighted by molar-refractivity contribution is -0.125. The van der Waals surface area contributed by atoms with Gasteiger partial charge in [-0.15, -0.1) is 0 Å². The second-order valence-electron chi connectivity index (χ2n) is 8.38. The Labute approximate surface area is 202 Å². The van der Waals surface area contributed by atoms with Gasteiger partial charge in [-0.2, -0.15) is 4.39 Å². The molecule has 180 valence electrons. The van der Waals surface area contributed by atoms with Gasteiger partial charge in [-0.25, -0.2) is 9.97 Å². The summed E-state index contributed by atoms with van der Waals surface area (Å²) in [6.07, 6.45) is 5.36. The lowest BCUT2D eigenvalue weighted by Gasteiger charge is -2.17. The standard InChI is InChI=1S/C24H28ClFN6O2/c1-30(12-13-34-2)10-3-4-19(33)31-11-9-18(14-31)32-22(26)20(16-5-7-17(25)8-6-16)21-23(27)28-15-29-24(21)32/h3-8,15,18H,9-14H2,1-2H3,(H2,27,28,29)/b4-3+/t18-/m1/s1. The molecule has 0 radical (unpaired) electrons. The van der Waals surface area contributed by atoms with Crippen LogP contribution in [0.4, 0.5) is 10.2 Å². The van der Waals surface area contributed by atoms with E-state index in [0.29, 0.717) is 59.8 Å². The van der Waals surface area contributed by atoms with Crippen molar-refractivity contribution >= 4 is 34.4 Å². The minimum Gasteiger partial charge on any atom is -0.383 e. The van der Waals surface area contributed by atoms with Crippen molar-refractivity contribution in [1.82, 2.24) is 24.3 Å². The largest absolute Gasteiger partial charge is 0.383 e. The molecule has 1 aromatic carbocycles. The number of halogens is 2. The molecule has 2 aromatic heterocycles. The van der Waals surface area contributed by atoms with E-state index in [9.17, 15) is 4.79 Å². The first-order valence-corrected chi connectivity index (χ1v) is 11.5. The van der Waals surface area contributed by atoms with Crippen LogP contribution in [-0.2, 0) is 9.53 Å². The molecule has 4 rings (SSSR count). The first-order valence-electron chi connectivity index (χ1n) is 11.1. The number of nitrogen functional groups attached to an aromatic ring is 1. The number of rotatable bonds is 8. The zero-order chi connectivity index (χ0) is 24.2. The van der Waals surface area contributed by atoms with Crippen LogP contribution in [0.25, 0.3) is 22.2 Å². The van der Waals surface area contributed by atoms with Gasteiger partial charge in [-0.1, -0.05) is 29.8 Å². The Bertz CT molecular complexity index is 1200. The van der Waals surface area contributed by atoms with Gasteiger partial charge in [0.25, 0.3) is 0 Å². The maximum absolute atomic E-state index is 15.9. The predicted molar refractivity (Wildman–Crippen MR) is 131 cm³/mol. The number of hydrogen-bond donors (Lipinski definition) is 1. The molecule has 0 unspecified atom stereocenters. The zero-order valence-corrected chi connectivity index (χ0v) is 20.0. The van der Waals surface area contributed by atoms with Crippen molar-refractivity contribution in [2.24, 2.45) is 0 Å². The first-order chi connectivity index (χ1) is 16.4. The molecule has 2 N–H and O–H groups in total. The topological polar surface area (TPSA) is 89.5 Å². The molecule has 8 nitrogen and oxygen atoms in total. The third-order valence-electron chi connectivity index (χ3n) is 6.08. The summed E-state index contributed by atoms with van der Waals surface area (Å²) < 4.78 is 22.5. The number of carbonyl (C=O) groups excluding carboxylic acids is 1. The molecule has 34 heavy (non-hydrogen) atoms. The summed E-state index contributed by atoms with van der Waals surface area (Å²) in [5, 5.41) is 1.02. The van der Waals surface area contributed by atoms with Crippen molar-refractivity contribution in [2.75, 3.05) is 52.7 Å². The number of hydrogen-bond acceptors (Lipinski definition) is 6. The number of methoxy groups -OCH3 is 1. The summed E-state index contributed by atoms with van der Waals surface area (Å²) in [6, 6.07) is 6.63. The average molecular weight is 487 g/mol. The molecule has 0 bridgehead atoms. The van der Waals surface area contributed by atoms with Gasteiger partial charge in [0.2, 0.25) is 11.9 Å². The van der Waals surface area contributed by atoms with Gasteiger partial charge in [0.1, 0.15) is 17.8 Å². The average Bonchev–Trinajstić information content (AvgIpc) is 3.41. The summed E-state index contributed by atoms with van der Waals surface area (Å²) in [4.78, 5) is 24.9. The third kappa shape index (κ3) is 4.91. The van der Waals surface area contributed by atoms with Gasteiger partial charge in [-0.3, -0.25) is 9.36 Å². The second kappa shape index (κ2) is 10.5. The number of nitrogens with two attached hydrogens (primary N) is 1. The molecule has 0 aliphatic carbocycles. The van der Waals surface area contributed by atoms with Crippen LogP contribution >= 0.6 is 11.6 Å². The highest BCUT2D eigenvalue weighted by Gasteiger charge is 2.32. The molecule has 1 saturated heterocycles. The van der Waals surface area contributed by atoms with E-state index in [1.165, 1.54) is 6.33 Å². The zero-order valence-electron chi connectivity index (χ0n) is 19.2. The van der Waals surface area contributed by atoms with Crippen LogP contribution in [0.5, 0.6) is 0 Å². The summed E-state index contributed by atoms with van der Waals surface area (Å²) in [6.45, 7) is 2.97. The molecule has 1 amide bonds. The molecule has 3 heterocycles. The Kier molecular flexibility index (Phi) is 7.45. The highest BCUT2D eigenvalue weighted by molar-refractivity contribution is 6.30. The number of likely N-dealkylation sites (N-methyl/N-ethyl adjacent to an activating group) is 1. The van der Waals surface area contributed by atoms with Crippen molar-refractivity contribution in [2.45, 2.75) is 12.5 Å². The molecule has 10 heteroatoms. The van der Waals surface area contributed by atoms with E-state index in [2.05, 4.69) is 14.9 Å².